The number of benzene rings is 1. The number of thiophene rings is 1. The molecule has 2 amide bonds. The van der Waals surface area contributed by atoms with Crippen LogP contribution in [0, 0.1) is 5.82 Å². The summed E-state index contributed by atoms with van der Waals surface area (Å²) in [6.45, 7) is 0.508. The van der Waals surface area contributed by atoms with Gasteiger partial charge in [-0.15, -0.1) is 11.3 Å². The van der Waals surface area contributed by atoms with Gasteiger partial charge in [-0.1, -0.05) is 12.1 Å². The van der Waals surface area contributed by atoms with Gasteiger partial charge in [-0.3, -0.25) is 9.59 Å². The number of rotatable bonds is 5. The fourth-order valence-corrected chi connectivity index (χ4v) is 6.34. The van der Waals surface area contributed by atoms with Crippen LogP contribution >= 0.6 is 27.3 Å². The minimum Gasteiger partial charge on any atom is -0.343 e. The van der Waals surface area contributed by atoms with E-state index in [0.717, 1.165) is 15.1 Å². The van der Waals surface area contributed by atoms with Crippen LogP contribution in [0.5, 0.6) is 0 Å². The number of carbonyl (C=O) groups is 2. The lowest BCUT2D eigenvalue weighted by atomic mass is 10.2. The number of halogens is 2. The molecule has 11 heteroatoms. The monoisotopic (exact) mass is 489 g/mol. The van der Waals surface area contributed by atoms with Crippen molar-refractivity contribution in [3.63, 3.8) is 0 Å². The van der Waals surface area contributed by atoms with Crippen LogP contribution < -0.4 is 5.32 Å². The molecule has 2 heterocycles. The number of nitrogens with one attached hydrogen (secondary N) is 1. The number of hydrogen-bond donors (Lipinski definition) is 1. The Bertz CT molecular complexity index is 988. The average molecular weight is 490 g/mol. The Morgan fingerprint density at radius 1 is 1.11 bits per heavy atom. The van der Waals surface area contributed by atoms with Gasteiger partial charge in [0, 0.05) is 26.2 Å². The lowest BCUT2D eigenvalue weighted by Gasteiger charge is -2.33. The van der Waals surface area contributed by atoms with Crippen LogP contribution in [0.3, 0.4) is 0 Å². The van der Waals surface area contributed by atoms with Gasteiger partial charge in [-0.05, 0) is 40.2 Å². The van der Waals surface area contributed by atoms with E-state index in [-0.39, 0.29) is 48.4 Å². The van der Waals surface area contributed by atoms with Gasteiger partial charge >= 0.3 is 0 Å². The van der Waals surface area contributed by atoms with E-state index in [9.17, 15) is 22.4 Å². The van der Waals surface area contributed by atoms with Crippen molar-refractivity contribution in [1.29, 1.82) is 0 Å². The molecule has 7 nitrogen and oxygen atoms in total. The molecule has 150 valence electrons. The molecule has 1 aromatic carbocycles. The highest BCUT2D eigenvalue weighted by Gasteiger charge is 2.31. The van der Waals surface area contributed by atoms with E-state index in [1.54, 1.807) is 12.1 Å². The molecule has 1 aliphatic rings. The third kappa shape index (κ3) is 4.59. The SMILES string of the molecule is O=C(NCC(=O)N1CCN(S(=O)(=O)c2ccc(Br)s2)CC1)c1ccccc1F. The maximum absolute atomic E-state index is 13.6. The van der Waals surface area contributed by atoms with Crippen molar-refractivity contribution >= 4 is 49.1 Å². The van der Waals surface area contributed by atoms with E-state index in [0.29, 0.717) is 0 Å². The zero-order chi connectivity index (χ0) is 20.3. The Balaban J connectivity index is 1.53. The molecule has 3 rings (SSSR count). The second-order valence-electron chi connectivity index (χ2n) is 6.01. The second-order valence-corrected chi connectivity index (χ2v) is 10.6. The van der Waals surface area contributed by atoms with Crippen LogP contribution in [0.25, 0.3) is 0 Å². The molecule has 2 aromatic rings. The van der Waals surface area contributed by atoms with Gasteiger partial charge < -0.3 is 10.2 Å². The van der Waals surface area contributed by atoms with Crippen molar-refractivity contribution in [2.24, 2.45) is 0 Å². The summed E-state index contributed by atoms with van der Waals surface area (Å²) in [5.41, 5.74) is -0.131. The molecule has 1 fully saturated rings. The van der Waals surface area contributed by atoms with Crippen LogP contribution in [-0.2, 0) is 14.8 Å². The Hall–Kier alpha value is -1.82. The molecule has 0 unspecified atom stereocenters. The van der Waals surface area contributed by atoms with Crippen molar-refractivity contribution in [3.8, 4) is 0 Å². The van der Waals surface area contributed by atoms with Crippen LogP contribution in [0.2, 0.25) is 0 Å². The lowest BCUT2D eigenvalue weighted by molar-refractivity contribution is -0.131. The molecule has 0 saturated carbocycles. The van der Waals surface area contributed by atoms with Crippen LogP contribution in [-0.4, -0.2) is 62.2 Å². The molecule has 28 heavy (non-hydrogen) atoms. The minimum absolute atomic E-state index is 0.131. The molecule has 0 aliphatic carbocycles. The lowest BCUT2D eigenvalue weighted by Crippen LogP contribution is -2.52. The van der Waals surface area contributed by atoms with Gasteiger partial charge in [0.05, 0.1) is 15.9 Å². The first kappa shape index (κ1) is 20.9. The summed E-state index contributed by atoms with van der Waals surface area (Å²) in [6.07, 6.45) is 0. The molecule has 0 spiro atoms. The molecule has 1 aliphatic heterocycles. The van der Waals surface area contributed by atoms with Crippen LogP contribution in [0.4, 0.5) is 4.39 Å². The molecule has 1 saturated heterocycles. The summed E-state index contributed by atoms with van der Waals surface area (Å²) >= 11 is 4.39. The third-order valence-corrected chi connectivity index (χ3v) is 8.24. The average Bonchev–Trinajstić information content (AvgIpc) is 3.13. The summed E-state index contributed by atoms with van der Waals surface area (Å²) in [5.74, 6) is -1.68. The summed E-state index contributed by atoms with van der Waals surface area (Å²) < 4.78 is 41.1. The predicted octanol–water partition coefficient (Wildman–Crippen LogP) is 1.91. The summed E-state index contributed by atoms with van der Waals surface area (Å²) in [7, 11) is -3.58. The number of amides is 2. The normalized spacial score (nSPS) is 15.4. The number of hydrogen-bond acceptors (Lipinski definition) is 5. The third-order valence-electron chi connectivity index (χ3n) is 4.25. The van der Waals surface area contributed by atoms with E-state index < -0.39 is 21.7 Å². The van der Waals surface area contributed by atoms with Crippen molar-refractivity contribution in [3.05, 3.63) is 51.6 Å². The number of piperazine rings is 1. The first-order valence-corrected chi connectivity index (χ1v) is 11.4. The second kappa shape index (κ2) is 8.68. The topological polar surface area (TPSA) is 86.8 Å². The molecular formula is C17H17BrFN3O4S2. The van der Waals surface area contributed by atoms with E-state index in [1.165, 1.54) is 33.5 Å². The quantitative estimate of drug-likeness (QED) is 0.694. The summed E-state index contributed by atoms with van der Waals surface area (Å²) in [6, 6.07) is 8.73. The molecule has 0 bridgehead atoms. The Kier molecular flexibility index (Phi) is 6.48. The molecule has 0 radical (unpaired) electrons. The first-order valence-electron chi connectivity index (χ1n) is 8.35. The fourth-order valence-electron chi connectivity index (χ4n) is 2.75. The van der Waals surface area contributed by atoms with Crippen LogP contribution in [0.1, 0.15) is 10.4 Å². The molecule has 0 atom stereocenters. The highest BCUT2D eigenvalue weighted by Crippen LogP contribution is 2.28. The Morgan fingerprint density at radius 2 is 1.79 bits per heavy atom. The van der Waals surface area contributed by atoms with Gasteiger partial charge in [0.15, 0.2) is 0 Å². The van der Waals surface area contributed by atoms with Gasteiger partial charge in [-0.25, -0.2) is 12.8 Å². The molecule has 1 aromatic heterocycles. The Labute approximate surface area is 174 Å². The first-order chi connectivity index (χ1) is 13.3. The smallest absolute Gasteiger partial charge is 0.254 e. The highest BCUT2D eigenvalue weighted by atomic mass is 79.9. The number of sulfonamides is 1. The zero-order valence-electron chi connectivity index (χ0n) is 14.6. The summed E-state index contributed by atoms with van der Waals surface area (Å²) in [4.78, 5) is 25.8. The van der Waals surface area contributed by atoms with Crippen molar-refractivity contribution in [2.45, 2.75) is 4.21 Å². The Morgan fingerprint density at radius 3 is 2.39 bits per heavy atom. The van der Waals surface area contributed by atoms with Gasteiger partial charge in [0.1, 0.15) is 10.0 Å². The minimum atomic E-state index is -3.58. The highest BCUT2D eigenvalue weighted by molar-refractivity contribution is 9.11. The fraction of sp³-hybridized carbons (Fsp3) is 0.294. The van der Waals surface area contributed by atoms with E-state index in [1.807, 2.05) is 0 Å². The van der Waals surface area contributed by atoms with Crippen molar-refractivity contribution in [2.75, 3.05) is 32.7 Å². The van der Waals surface area contributed by atoms with Gasteiger partial charge in [-0.2, -0.15) is 4.31 Å². The van der Waals surface area contributed by atoms with E-state index in [4.69, 9.17) is 0 Å². The van der Waals surface area contributed by atoms with Gasteiger partial charge in [0.2, 0.25) is 5.91 Å². The van der Waals surface area contributed by atoms with Crippen molar-refractivity contribution < 1.29 is 22.4 Å². The van der Waals surface area contributed by atoms with E-state index in [2.05, 4.69) is 21.2 Å². The predicted molar refractivity (Wildman–Crippen MR) is 106 cm³/mol. The van der Waals surface area contributed by atoms with Gasteiger partial charge in [0.25, 0.3) is 15.9 Å². The van der Waals surface area contributed by atoms with Crippen LogP contribution in [0.15, 0.2) is 44.4 Å². The number of carbonyl (C=O) groups excluding carboxylic acids is 2. The van der Waals surface area contributed by atoms with Crippen molar-refractivity contribution in [1.82, 2.24) is 14.5 Å². The molecule has 1 N–H and O–H groups in total. The maximum Gasteiger partial charge on any atom is 0.254 e. The molecular weight excluding hydrogens is 473 g/mol. The largest absolute Gasteiger partial charge is 0.343 e. The summed E-state index contributed by atoms with van der Waals surface area (Å²) in [5, 5.41) is 2.40. The number of nitrogens with zero attached hydrogens (tertiary/aromatic N) is 2. The maximum atomic E-state index is 13.6. The van der Waals surface area contributed by atoms with E-state index >= 15 is 0 Å². The standard InChI is InChI=1S/C17H17BrFN3O4S2/c18-14-5-6-16(27-14)28(25,26)22-9-7-21(8-10-22)15(23)11-20-17(24)12-3-1-2-4-13(12)19/h1-6H,7-11H2,(H,20,24). The zero-order valence-corrected chi connectivity index (χ0v) is 17.8.